The van der Waals surface area contributed by atoms with Gasteiger partial charge in [-0.15, -0.1) is 0 Å². The molecule has 0 aliphatic heterocycles. The van der Waals surface area contributed by atoms with E-state index in [1.165, 1.54) is 11.1 Å². The van der Waals surface area contributed by atoms with Crippen LogP contribution in [-0.4, -0.2) is 19.5 Å². The molecule has 1 aliphatic rings. The smallest absolute Gasteiger partial charge is 0.214 e. The monoisotopic (exact) mass is 496 g/mol. The minimum absolute atomic E-state index is 0.197. The average Bonchev–Trinajstić information content (AvgIpc) is 3.52. The van der Waals surface area contributed by atoms with Gasteiger partial charge in [-0.25, -0.2) is 9.97 Å². The number of halogens is 1. The molecule has 6 heteroatoms. The molecule has 0 spiro atoms. The summed E-state index contributed by atoms with van der Waals surface area (Å²) in [4.78, 5) is 12.9. The van der Waals surface area contributed by atoms with Crippen molar-refractivity contribution in [2.75, 3.05) is 0 Å². The Kier molecular flexibility index (Phi) is 6.02. The molecule has 1 aliphatic carbocycles. The number of ether oxygens (including phenoxy) is 1. The molecule has 0 fully saturated rings. The number of hydrogen-bond acceptors (Lipinski definition) is 3. The maximum Gasteiger partial charge on any atom is 0.214 e. The molecule has 0 radical (unpaired) electrons. The van der Waals surface area contributed by atoms with E-state index in [9.17, 15) is 0 Å². The van der Waals surface area contributed by atoms with E-state index in [0.29, 0.717) is 12.5 Å². The number of fused-ring (bicyclic) bond motifs is 2. The normalized spacial score (nSPS) is 15.4. The van der Waals surface area contributed by atoms with Crippen molar-refractivity contribution < 1.29 is 4.74 Å². The second-order valence-electron chi connectivity index (χ2n) is 9.80. The van der Waals surface area contributed by atoms with Crippen molar-refractivity contribution in [3.05, 3.63) is 101 Å². The number of aromatic amines is 1. The fourth-order valence-corrected chi connectivity index (χ4v) is 5.66. The van der Waals surface area contributed by atoms with Gasteiger partial charge < -0.3 is 14.3 Å². The molecule has 36 heavy (non-hydrogen) atoms. The van der Waals surface area contributed by atoms with Gasteiger partial charge in [0.05, 0.1) is 35.5 Å². The number of hydrogen-bond donors (Lipinski definition) is 1. The largest absolute Gasteiger partial charge is 0.473 e. The van der Waals surface area contributed by atoms with E-state index in [2.05, 4.69) is 58.8 Å². The molecule has 182 valence electrons. The Hall–Kier alpha value is -3.57. The number of aromatic nitrogens is 4. The third-order valence-corrected chi connectivity index (χ3v) is 7.50. The molecule has 3 heterocycles. The first kappa shape index (κ1) is 22.9. The number of pyridine rings is 1. The van der Waals surface area contributed by atoms with Gasteiger partial charge in [0.25, 0.3) is 0 Å². The quantitative estimate of drug-likeness (QED) is 0.262. The van der Waals surface area contributed by atoms with Crippen LogP contribution in [0.4, 0.5) is 0 Å². The van der Waals surface area contributed by atoms with Crippen molar-refractivity contribution in [2.45, 2.75) is 51.7 Å². The highest BCUT2D eigenvalue weighted by molar-refractivity contribution is 6.31. The van der Waals surface area contributed by atoms with Gasteiger partial charge >= 0.3 is 0 Å². The van der Waals surface area contributed by atoms with Gasteiger partial charge in [0.15, 0.2) is 0 Å². The van der Waals surface area contributed by atoms with E-state index in [1.54, 1.807) is 0 Å². The SMILES string of the molecule is CC(C)c1ncn(C2CCCc3c(Cl)cccc32)c1-c1c[nH]c2cnc(OCc3ccccc3)cc12. The van der Waals surface area contributed by atoms with Crippen LogP contribution in [-0.2, 0) is 13.0 Å². The van der Waals surface area contributed by atoms with E-state index >= 15 is 0 Å². The number of imidazole rings is 1. The third kappa shape index (κ3) is 4.07. The van der Waals surface area contributed by atoms with Gasteiger partial charge in [0.1, 0.15) is 6.61 Å². The predicted octanol–water partition coefficient (Wildman–Crippen LogP) is 7.71. The van der Waals surface area contributed by atoms with Crippen molar-refractivity contribution in [1.29, 1.82) is 0 Å². The molecule has 0 bridgehead atoms. The summed E-state index contributed by atoms with van der Waals surface area (Å²) in [5.74, 6) is 0.892. The first-order valence-electron chi connectivity index (χ1n) is 12.6. The Labute approximate surface area is 216 Å². The van der Waals surface area contributed by atoms with Gasteiger partial charge in [-0.3, -0.25) is 0 Å². The van der Waals surface area contributed by atoms with E-state index in [-0.39, 0.29) is 12.0 Å². The number of H-pyrrole nitrogens is 1. The molecule has 3 aromatic heterocycles. The van der Waals surface area contributed by atoms with Crippen LogP contribution in [0, 0.1) is 0 Å². The average molecular weight is 497 g/mol. The van der Waals surface area contributed by atoms with Crippen molar-refractivity contribution >= 4 is 22.5 Å². The van der Waals surface area contributed by atoms with Gasteiger partial charge in [-0.2, -0.15) is 0 Å². The van der Waals surface area contributed by atoms with Crippen LogP contribution in [0.25, 0.3) is 22.2 Å². The standard InChI is InChI=1S/C30H29ClN4O/c1-19(2)29-30(35(18-34-29)27-13-7-10-21-22(27)11-6-12-25(21)31)24-15-32-26-16-33-28(14-23(24)26)36-17-20-8-4-3-5-9-20/h3-6,8-9,11-12,14-16,18-19,27,32H,7,10,13,17H2,1-2H3. The number of benzene rings is 2. The minimum atomic E-state index is 0.197. The summed E-state index contributed by atoms with van der Waals surface area (Å²) in [6, 6.07) is 18.7. The number of rotatable bonds is 6. The Balaban J connectivity index is 1.44. The summed E-state index contributed by atoms with van der Waals surface area (Å²) in [7, 11) is 0. The number of nitrogens with one attached hydrogen (secondary N) is 1. The first-order chi connectivity index (χ1) is 17.6. The molecule has 5 nitrogen and oxygen atoms in total. The molecule has 6 rings (SSSR count). The molecule has 0 amide bonds. The molecular formula is C30H29ClN4O. The zero-order chi connectivity index (χ0) is 24.6. The second-order valence-corrected chi connectivity index (χ2v) is 10.2. The molecule has 0 saturated heterocycles. The molecule has 1 unspecified atom stereocenters. The second kappa shape index (κ2) is 9.47. The summed E-state index contributed by atoms with van der Waals surface area (Å²) in [6.45, 7) is 4.88. The topological polar surface area (TPSA) is 55.7 Å². The van der Waals surface area contributed by atoms with Crippen molar-refractivity contribution in [3.8, 4) is 17.1 Å². The lowest BCUT2D eigenvalue weighted by Crippen LogP contribution is -2.18. The third-order valence-electron chi connectivity index (χ3n) is 7.15. The molecule has 5 aromatic rings. The molecule has 2 aromatic carbocycles. The Bertz CT molecular complexity index is 1520. The van der Waals surface area contributed by atoms with Crippen LogP contribution in [0.15, 0.2) is 73.3 Å². The van der Waals surface area contributed by atoms with Crippen molar-refractivity contribution in [2.24, 2.45) is 0 Å². The summed E-state index contributed by atoms with van der Waals surface area (Å²) < 4.78 is 8.42. The summed E-state index contributed by atoms with van der Waals surface area (Å²) in [5, 5.41) is 1.94. The zero-order valence-corrected chi connectivity index (χ0v) is 21.3. The van der Waals surface area contributed by atoms with Crippen molar-refractivity contribution in [3.63, 3.8) is 0 Å². The van der Waals surface area contributed by atoms with Crippen LogP contribution in [0.1, 0.15) is 61.0 Å². The summed E-state index contributed by atoms with van der Waals surface area (Å²) in [5.41, 5.74) is 8.02. The highest BCUT2D eigenvalue weighted by atomic mass is 35.5. The maximum atomic E-state index is 6.61. The van der Waals surface area contributed by atoms with Gasteiger partial charge in [0.2, 0.25) is 5.88 Å². The maximum absolute atomic E-state index is 6.61. The lowest BCUT2D eigenvalue weighted by molar-refractivity contribution is 0.294. The Morgan fingerprint density at radius 3 is 2.81 bits per heavy atom. The fraction of sp³-hybridized carbons (Fsp3) is 0.267. The van der Waals surface area contributed by atoms with Crippen LogP contribution >= 0.6 is 11.6 Å². The lowest BCUT2D eigenvalue weighted by atomic mass is 9.87. The lowest BCUT2D eigenvalue weighted by Gasteiger charge is -2.29. The molecule has 1 atom stereocenters. The van der Waals surface area contributed by atoms with E-state index in [1.807, 2.05) is 42.9 Å². The predicted molar refractivity (Wildman–Crippen MR) is 145 cm³/mol. The van der Waals surface area contributed by atoms with Crippen LogP contribution in [0.3, 0.4) is 0 Å². The minimum Gasteiger partial charge on any atom is -0.473 e. The highest BCUT2D eigenvalue weighted by Crippen LogP contribution is 2.42. The first-order valence-corrected chi connectivity index (χ1v) is 13.0. The van der Waals surface area contributed by atoms with Crippen molar-refractivity contribution in [1.82, 2.24) is 19.5 Å². The van der Waals surface area contributed by atoms with Gasteiger partial charge in [-0.1, -0.05) is 67.9 Å². The van der Waals surface area contributed by atoms with E-state index in [0.717, 1.165) is 57.7 Å². The van der Waals surface area contributed by atoms with Crippen LogP contribution < -0.4 is 4.74 Å². The Morgan fingerprint density at radius 2 is 1.97 bits per heavy atom. The summed E-state index contributed by atoms with van der Waals surface area (Å²) >= 11 is 6.61. The summed E-state index contributed by atoms with van der Waals surface area (Å²) in [6.07, 6.45) is 9.12. The Morgan fingerprint density at radius 1 is 1.11 bits per heavy atom. The molecular weight excluding hydrogens is 468 g/mol. The van der Waals surface area contributed by atoms with E-state index < -0.39 is 0 Å². The highest BCUT2D eigenvalue weighted by Gasteiger charge is 2.28. The van der Waals surface area contributed by atoms with E-state index in [4.69, 9.17) is 21.3 Å². The fourth-order valence-electron chi connectivity index (χ4n) is 5.39. The van der Waals surface area contributed by atoms with Gasteiger partial charge in [-0.05, 0) is 47.9 Å². The van der Waals surface area contributed by atoms with Crippen LogP contribution in [0.5, 0.6) is 5.88 Å². The molecule has 1 N–H and O–H groups in total. The molecule has 0 saturated carbocycles. The van der Waals surface area contributed by atoms with Crippen LogP contribution in [0.2, 0.25) is 5.02 Å². The zero-order valence-electron chi connectivity index (χ0n) is 20.5. The van der Waals surface area contributed by atoms with Gasteiger partial charge in [0, 0.05) is 28.2 Å². The number of nitrogens with zero attached hydrogens (tertiary/aromatic N) is 3.